The van der Waals surface area contributed by atoms with Gasteiger partial charge < -0.3 is 10.6 Å². The van der Waals surface area contributed by atoms with Crippen LogP contribution < -0.4 is 10.6 Å². The molecule has 0 aromatic carbocycles. The molecular formula is C19H34IN5S. The average molecular weight is 491 g/mol. The number of aliphatic imine (C=N–C) groups is 1. The lowest BCUT2D eigenvalue weighted by Gasteiger charge is -2.33. The van der Waals surface area contributed by atoms with Crippen LogP contribution in [0.25, 0.3) is 0 Å². The zero-order valence-corrected chi connectivity index (χ0v) is 19.9. The van der Waals surface area contributed by atoms with E-state index in [1.54, 1.807) is 18.4 Å². The molecule has 0 spiro atoms. The Kier molecular flexibility index (Phi) is 12.8. The van der Waals surface area contributed by atoms with Gasteiger partial charge in [-0.25, -0.2) is 4.98 Å². The first-order valence-electron chi connectivity index (χ1n) is 8.76. The van der Waals surface area contributed by atoms with Gasteiger partial charge in [-0.1, -0.05) is 26.0 Å². The number of thiazole rings is 1. The third-order valence-electron chi connectivity index (χ3n) is 4.15. The largest absolute Gasteiger partial charge is 0.355 e. The maximum absolute atomic E-state index is 4.56. The lowest BCUT2D eigenvalue weighted by molar-refractivity contribution is 0.190. The second-order valence-corrected chi connectivity index (χ2v) is 7.69. The van der Waals surface area contributed by atoms with Gasteiger partial charge in [-0.2, -0.15) is 0 Å². The van der Waals surface area contributed by atoms with E-state index in [4.69, 9.17) is 0 Å². The Balaban J connectivity index is 0.00000625. The Labute approximate surface area is 180 Å². The Hall–Kier alpha value is -0.930. The maximum Gasteiger partial charge on any atom is 0.191 e. The van der Waals surface area contributed by atoms with E-state index in [1.807, 2.05) is 19.1 Å². The van der Waals surface area contributed by atoms with Crippen LogP contribution in [0.4, 0.5) is 0 Å². The number of nitrogens with zero attached hydrogens (tertiary/aromatic N) is 3. The molecule has 1 rings (SSSR count). The van der Waals surface area contributed by atoms with Crippen LogP contribution in [0.15, 0.2) is 30.3 Å². The van der Waals surface area contributed by atoms with Crippen molar-refractivity contribution in [2.24, 2.45) is 10.9 Å². The van der Waals surface area contributed by atoms with E-state index in [-0.39, 0.29) is 24.0 Å². The molecule has 1 aromatic heterocycles. The summed E-state index contributed by atoms with van der Waals surface area (Å²) in [6.45, 7) is 19.6. The molecule has 1 aromatic rings. The lowest BCUT2D eigenvalue weighted by atomic mass is 10.0. The Morgan fingerprint density at radius 2 is 1.85 bits per heavy atom. The van der Waals surface area contributed by atoms with Gasteiger partial charge in [0.2, 0.25) is 0 Å². The zero-order chi connectivity index (χ0) is 18.8. The Morgan fingerprint density at radius 1 is 1.23 bits per heavy atom. The van der Waals surface area contributed by atoms with E-state index in [0.717, 1.165) is 36.3 Å². The molecule has 0 fully saturated rings. The quantitative estimate of drug-likeness (QED) is 0.227. The molecule has 2 N–H and O–H groups in total. The van der Waals surface area contributed by atoms with Crippen molar-refractivity contribution in [3.05, 3.63) is 40.9 Å². The third-order valence-corrected chi connectivity index (χ3v) is 5.22. The van der Waals surface area contributed by atoms with Crippen LogP contribution in [-0.4, -0.2) is 48.6 Å². The van der Waals surface area contributed by atoms with Crippen molar-refractivity contribution in [1.29, 1.82) is 0 Å². The topological polar surface area (TPSA) is 52.5 Å². The second-order valence-electron chi connectivity index (χ2n) is 6.40. The van der Waals surface area contributed by atoms with Gasteiger partial charge in [0.1, 0.15) is 5.01 Å². The third kappa shape index (κ3) is 8.18. The van der Waals surface area contributed by atoms with Gasteiger partial charge in [0.15, 0.2) is 5.96 Å². The molecule has 0 saturated heterocycles. The van der Waals surface area contributed by atoms with Crippen LogP contribution in [-0.2, 0) is 6.54 Å². The van der Waals surface area contributed by atoms with E-state index < -0.39 is 0 Å². The molecule has 0 aliphatic rings. The van der Waals surface area contributed by atoms with E-state index >= 15 is 0 Å². The molecule has 7 heteroatoms. The molecule has 5 nitrogen and oxygen atoms in total. The van der Waals surface area contributed by atoms with Crippen molar-refractivity contribution in [3.63, 3.8) is 0 Å². The van der Waals surface area contributed by atoms with Gasteiger partial charge in [-0.05, 0) is 19.8 Å². The highest BCUT2D eigenvalue weighted by molar-refractivity contribution is 14.0. The molecule has 1 atom stereocenters. The first kappa shape index (κ1) is 25.1. The first-order valence-corrected chi connectivity index (χ1v) is 9.57. The van der Waals surface area contributed by atoms with Crippen molar-refractivity contribution in [3.8, 4) is 0 Å². The van der Waals surface area contributed by atoms with Crippen molar-refractivity contribution in [2.75, 3.05) is 26.7 Å². The highest BCUT2D eigenvalue weighted by atomic mass is 127. The number of guanidine groups is 1. The van der Waals surface area contributed by atoms with Gasteiger partial charge in [-0.15, -0.1) is 48.5 Å². The summed E-state index contributed by atoms with van der Waals surface area (Å²) in [7, 11) is 1.79. The fraction of sp³-hybridized carbons (Fsp3) is 0.579. The fourth-order valence-corrected chi connectivity index (χ4v) is 3.53. The highest BCUT2D eigenvalue weighted by Crippen LogP contribution is 2.16. The van der Waals surface area contributed by atoms with Gasteiger partial charge >= 0.3 is 0 Å². The van der Waals surface area contributed by atoms with Gasteiger partial charge in [0, 0.05) is 37.6 Å². The van der Waals surface area contributed by atoms with E-state index in [2.05, 4.69) is 59.4 Å². The van der Waals surface area contributed by atoms with Crippen molar-refractivity contribution in [1.82, 2.24) is 20.5 Å². The molecule has 0 bridgehead atoms. The Morgan fingerprint density at radius 3 is 2.27 bits per heavy atom. The SMILES string of the molecule is C=CCN(CC=C)C(CNC(=NC)NCc1nc(C)c(C)s1)C(C)C.I. The van der Waals surface area contributed by atoms with E-state index in [1.165, 1.54) is 4.88 Å². The lowest BCUT2D eigenvalue weighted by Crippen LogP contribution is -2.49. The van der Waals surface area contributed by atoms with Crippen LogP contribution in [0.1, 0.15) is 29.4 Å². The molecule has 26 heavy (non-hydrogen) atoms. The summed E-state index contributed by atoms with van der Waals surface area (Å²) in [5, 5.41) is 7.88. The summed E-state index contributed by atoms with van der Waals surface area (Å²) in [6.07, 6.45) is 3.89. The molecule has 0 saturated carbocycles. The molecule has 1 heterocycles. The standard InChI is InChI=1S/C19H33N5S.HI/c1-8-10-24(11-9-2)17(14(3)4)12-21-19(20-7)22-13-18-23-15(5)16(6)25-18;/h8-9,14,17H,1-2,10-13H2,3-7H3,(H2,20,21,22);1H. The molecule has 0 aliphatic heterocycles. The Bertz CT molecular complexity index is 553. The number of rotatable bonds is 10. The average Bonchev–Trinajstić information content (AvgIpc) is 2.88. The number of hydrogen-bond acceptors (Lipinski definition) is 4. The summed E-state index contributed by atoms with van der Waals surface area (Å²) < 4.78 is 0. The number of hydrogen-bond donors (Lipinski definition) is 2. The number of aryl methyl sites for hydroxylation is 2. The van der Waals surface area contributed by atoms with Gasteiger partial charge in [-0.3, -0.25) is 9.89 Å². The minimum atomic E-state index is 0. The number of halogens is 1. The predicted octanol–water partition coefficient (Wildman–Crippen LogP) is 3.74. The summed E-state index contributed by atoms with van der Waals surface area (Å²) in [4.78, 5) is 12.5. The van der Waals surface area contributed by atoms with Crippen LogP contribution >= 0.6 is 35.3 Å². The summed E-state index contributed by atoms with van der Waals surface area (Å²) >= 11 is 1.73. The van der Waals surface area contributed by atoms with Gasteiger partial charge in [0.05, 0.1) is 12.2 Å². The van der Waals surface area contributed by atoms with Crippen LogP contribution in [0.3, 0.4) is 0 Å². The second kappa shape index (κ2) is 13.3. The predicted molar refractivity (Wildman–Crippen MR) is 126 cm³/mol. The normalized spacial score (nSPS) is 12.7. The molecule has 0 aliphatic carbocycles. The minimum Gasteiger partial charge on any atom is -0.355 e. The van der Waals surface area contributed by atoms with Crippen molar-refractivity contribution < 1.29 is 0 Å². The molecule has 1 unspecified atom stereocenters. The van der Waals surface area contributed by atoms with Crippen molar-refractivity contribution >= 4 is 41.3 Å². The zero-order valence-electron chi connectivity index (χ0n) is 16.7. The highest BCUT2D eigenvalue weighted by Gasteiger charge is 2.20. The minimum absolute atomic E-state index is 0. The molecule has 148 valence electrons. The van der Waals surface area contributed by atoms with Crippen LogP contribution in [0.2, 0.25) is 0 Å². The molecular weight excluding hydrogens is 457 g/mol. The fourth-order valence-electron chi connectivity index (χ4n) is 2.66. The molecule has 0 radical (unpaired) electrons. The first-order chi connectivity index (χ1) is 11.9. The van der Waals surface area contributed by atoms with E-state index in [9.17, 15) is 0 Å². The van der Waals surface area contributed by atoms with Crippen molar-refractivity contribution in [2.45, 2.75) is 40.3 Å². The monoisotopic (exact) mass is 491 g/mol. The number of aromatic nitrogens is 1. The van der Waals surface area contributed by atoms with Crippen LogP contribution in [0.5, 0.6) is 0 Å². The summed E-state index contributed by atoms with van der Waals surface area (Å²) in [5.41, 5.74) is 1.11. The maximum atomic E-state index is 4.56. The van der Waals surface area contributed by atoms with Crippen LogP contribution in [0, 0.1) is 19.8 Å². The smallest absolute Gasteiger partial charge is 0.191 e. The van der Waals surface area contributed by atoms with E-state index in [0.29, 0.717) is 18.5 Å². The molecule has 0 amide bonds. The number of nitrogens with one attached hydrogen (secondary N) is 2. The van der Waals surface area contributed by atoms with Gasteiger partial charge in [0.25, 0.3) is 0 Å². The summed E-state index contributed by atoms with van der Waals surface area (Å²) in [5.74, 6) is 1.31. The summed E-state index contributed by atoms with van der Waals surface area (Å²) in [6, 6.07) is 0.374.